The number of carbonyl (C=O) groups is 3. The second-order valence-corrected chi connectivity index (χ2v) is 4.59. The summed E-state index contributed by atoms with van der Waals surface area (Å²) in [6.07, 6.45) is 2.41. The highest BCUT2D eigenvalue weighted by molar-refractivity contribution is 5.81. The fraction of sp³-hybridized carbons (Fsp3) is 0.562. The minimum absolute atomic E-state index is 0.0108. The summed E-state index contributed by atoms with van der Waals surface area (Å²) < 4.78 is 20.0. The maximum absolute atomic E-state index is 11.7. The van der Waals surface area contributed by atoms with Gasteiger partial charge >= 0.3 is 18.0 Å². The first kappa shape index (κ1) is 21.6. The summed E-state index contributed by atoms with van der Waals surface area (Å²) in [7, 11) is 0. The van der Waals surface area contributed by atoms with Gasteiger partial charge in [-0.05, 0) is 6.42 Å². The van der Waals surface area contributed by atoms with E-state index < -0.39 is 24.1 Å². The van der Waals surface area contributed by atoms with Crippen molar-refractivity contribution < 1.29 is 33.3 Å². The van der Waals surface area contributed by atoms with E-state index in [1.165, 1.54) is 0 Å². The van der Waals surface area contributed by atoms with E-state index in [0.717, 1.165) is 25.0 Å². The fourth-order valence-electron chi connectivity index (χ4n) is 1.37. The number of alkyl carbamates (subject to hydrolysis) is 1. The molecular weight excluding hydrogens is 318 g/mol. The van der Waals surface area contributed by atoms with Gasteiger partial charge in [-0.3, -0.25) is 0 Å². The van der Waals surface area contributed by atoms with Crippen LogP contribution in [0.5, 0.6) is 0 Å². The molecule has 136 valence electrons. The van der Waals surface area contributed by atoms with Gasteiger partial charge in [0.2, 0.25) is 0 Å². The number of rotatable bonds is 13. The quantitative estimate of drug-likeness (QED) is 0.233. The van der Waals surface area contributed by atoms with E-state index in [2.05, 4.69) is 18.5 Å². The molecule has 0 heterocycles. The van der Waals surface area contributed by atoms with Gasteiger partial charge in [0.15, 0.2) is 6.10 Å². The van der Waals surface area contributed by atoms with Crippen molar-refractivity contribution in [1.82, 2.24) is 5.32 Å². The van der Waals surface area contributed by atoms with Gasteiger partial charge in [0.1, 0.15) is 13.2 Å². The molecule has 1 N–H and O–H groups in total. The van der Waals surface area contributed by atoms with Crippen LogP contribution in [-0.2, 0) is 28.5 Å². The Hall–Kier alpha value is -2.35. The maximum atomic E-state index is 11.7. The first-order chi connectivity index (χ1) is 11.5. The zero-order chi connectivity index (χ0) is 18.2. The third-order valence-corrected chi connectivity index (χ3v) is 2.58. The van der Waals surface area contributed by atoms with Crippen molar-refractivity contribution in [3.05, 3.63) is 25.3 Å². The third-order valence-electron chi connectivity index (χ3n) is 2.58. The summed E-state index contributed by atoms with van der Waals surface area (Å²) in [6.45, 7) is 9.10. The summed E-state index contributed by atoms with van der Waals surface area (Å²) >= 11 is 0. The minimum atomic E-state index is -0.749. The largest absolute Gasteiger partial charge is 0.461 e. The highest BCUT2D eigenvalue weighted by Gasteiger charge is 2.16. The van der Waals surface area contributed by atoms with E-state index in [0.29, 0.717) is 6.61 Å². The van der Waals surface area contributed by atoms with Crippen molar-refractivity contribution in [2.24, 2.45) is 0 Å². The predicted molar refractivity (Wildman–Crippen MR) is 86.3 cm³/mol. The summed E-state index contributed by atoms with van der Waals surface area (Å²) in [5.74, 6) is -1.20. The van der Waals surface area contributed by atoms with Crippen molar-refractivity contribution in [2.45, 2.75) is 25.9 Å². The van der Waals surface area contributed by atoms with Gasteiger partial charge < -0.3 is 24.3 Å². The number of hydrogen-bond acceptors (Lipinski definition) is 7. The number of nitrogens with one attached hydrogen (secondary N) is 1. The molecule has 1 atom stereocenters. The van der Waals surface area contributed by atoms with Crippen molar-refractivity contribution in [3.63, 3.8) is 0 Å². The zero-order valence-electron chi connectivity index (χ0n) is 14.0. The number of amides is 1. The van der Waals surface area contributed by atoms with Gasteiger partial charge in [0.05, 0.1) is 13.2 Å². The normalized spacial score (nSPS) is 11.0. The molecule has 1 amide bonds. The summed E-state index contributed by atoms with van der Waals surface area (Å²) in [4.78, 5) is 33.6. The molecule has 0 fully saturated rings. The van der Waals surface area contributed by atoms with Crippen LogP contribution in [-0.4, -0.2) is 57.1 Å². The lowest BCUT2D eigenvalue weighted by molar-refractivity contribution is -0.142. The zero-order valence-corrected chi connectivity index (χ0v) is 14.0. The topological polar surface area (TPSA) is 100 Å². The molecule has 8 heteroatoms. The third kappa shape index (κ3) is 12.2. The standard InChI is InChI=1S/C16H25NO7/c1-4-7-9-21-11-13(12-23-15(19)6-3)24-16(20)17-8-10-22-14(18)5-2/h5-6,13H,2-4,7-12H2,1H3,(H,17,20). The van der Waals surface area contributed by atoms with Crippen LogP contribution in [0.25, 0.3) is 0 Å². The fourth-order valence-corrected chi connectivity index (χ4v) is 1.37. The molecule has 0 aromatic carbocycles. The van der Waals surface area contributed by atoms with Gasteiger partial charge in [-0.1, -0.05) is 26.5 Å². The second kappa shape index (κ2) is 14.3. The van der Waals surface area contributed by atoms with Crippen LogP contribution < -0.4 is 5.32 Å². The first-order valence-corrected chi connectivity index (χ1v) is 7.64. The second-order valence-electron chi connectivity index (χ2n) is 4.59. The van der Waals surface area contributed by atoms with Crippen molar-refractivity contribution in [2.75, 3.05) is 33.0 Å². The first-order valence-electron chi connectivity index (χ1n) is 7.64. The number of ether oxygens (including phenoxy) is 4. The van der Waals surface area contributed by atoms with Crippen LogP contribution in [0.1, 0.15) is 19.8 Å². The summed E-state index contributed by atoms with van der Waals surface area (Å²) in [5.41, 5.74) is 0. The number of esters is 2. The van der Waals surface area contributed by atoms with Gasteiger partial charge in [-0.25, -0.2) is 14.4 Å². The molecule has 0 aromatic rings. The monoisotopic (exact) mass is 343 g/mol. The molecular formula is C16H25NO7. The van der Waals surface area contributed by atoms with Gasteiger partial charge in [0, 0.05) is 18.8 Å². The van der Waals surface area contributed by atoms with E-state index in [4.69, 9.17) is 18.9 Å². The van der Waals surface area contributed by atoms with Gasteiger partial charge in [0.25, 0.3) is 0 Å². The lowest BCUT2D eigenvalue weighted by atomic mass is 10.3. The molecule has 0 aliphatic heterocycles. The van der Waals surface area contributed by atoms with Crippen LogP contribution >= 0.6 is 0 Å². The van der Waals surface area contributed by atoms with Crippen molar-refractivity contribution in [3.8, 4) is 0 Å². The number of unbranched alkanes of at least 4 members (excludes halogenated alkanes) is 1. The Labute approximate surface area is 141 Å². The molecule has 1 unspecified atom stereocenters. The molecule has 0 aliphatic carbocycles. The van der Waals surface area contributed by atoms with Crippen LogP contribution in [0.2, 0.25) is 0 Å². The average molecular weight is 343 g/mol. The number of carbonyl (C=O) groups excluding carboxylic acids is 3. The lowest BCUT2D eigenvalue weighted by Crippen LogP contribution is -2.36. The molecule has 0 spiro atoms. The number of hydrogen-bond donors (Lipinski definition) is 1. The Morgan fingerprint density at radius 3 is 2.33 bits per heavy atom. The smallest absolute Gasteiger partial charge is 0.407 e. The minimum Gasteiger partial charge on any atom is -0.461 e. The van der Waals surface area contributed by atoms with E-state index in [1.54, 1.807) is 0 Å². The molecule has 0 radical (unpaired) electrons. The van der Waals surface area contributed by atoms with E-state index >= 15 is 0 Å². The molecule has 24 heavy (non-hydrogen) atoms. The van der Waals surface area contributed by atoms with Gasteiger partial charge in [-0.15, -0.1) is 0 Å². The predicted octanol–water partition coefficient (Wildman–Crippen LogP) is 1.36. The SMILES string of the molecule is C=CC(=O)OCCNC(=O)OC(COCCCC)COC(=O)C=C. The van der Waals surface area contributed by atoms with Crippen molar-refractivity contribution in [1.29, 1.82) is 0 Å². The van der Waals surface area contributed by atoms with Crippen LogP contribution in [0.15, 0.2) is 25.3 Å². The Balaban J connectivity index is 4.16. The highest BCUT2D eigenvalue weighted by Crippen LogP contribution is 1.99. The van der Waals surface area contributed by atoms with E-state index in [1.807, 2.05) is 6.92 Å². The summed E-state index contributed by atoms with van der Waals surface area (Å²) in [5, 5.41) is 2.41. The summed E-state index contributed by atoms with van der Waals surface area (Å²) in [6, 6.07) is 0. The molecule has 0 aromatic heterocycles. The van der Waals surface area contributed by atoms with Crippen LogP contribution in [0, 0.1) is 0 Å². The van der Waals surface area contributed by atoms with E-state index in [9.17, 15) is 14.4 Å². The molecule has 8 nitrogen and oxygen atoms in total. The Morgan fingerprint density at radius 2 is 1.71 bits per heavy atom. The molecule has 0 rings (SSSR count). The van der Waals surface area contributed by atoms with E-state index in [-0.39, 0.29) is 26.4 Å². The van der Waals surface area contributed by atoms with Crippen LogP contribution in [0.4, 0.5) is 4.79 Å². The maximum Gasteiger partial charge on any atom is 0.407 e. The molecule has 0 aliphatic rings. The Bertz CT molecular complexity index is 423. The average Bonchev–Trinajstić information content (AvgIpc) is 2.59. The Kier molecular flexibility index (Phi) is 12.9. The van der Waals surface area contributed by atoms with Crippen LogP contribution in [0.3, 0.4) is 0 Å². The molecule has 0 bridgehead atoms. The highest BCUT2D eigenvalue weighted by atomic mass is 16.6. The lowest BCUT2D eigenvalue weighted by Gasteiger charge is -2.18. The molecule has 0 saturated heterocycles. The molecule has 0 saturated carbocycles. The van der Waals surface area contributed by atoms with Crippen molar-refractivity contribution >= 4 is 18.0 Å². The van der Waals surface area contributed by atoms with Gasteiger partial charge in [-0.2, -0.15) is 0 Å². The Morgan fingerprint density at radius 1 is 1.04 bits per heavy atom.